The van der Waals surface area contributed by atoms with Crippen LogP contribution >= 0.6 is 0 Å². The monoisotopic (exact) mass is 240 g/mol. The first-order chi connectivity index (χ1) is 8.19. The van der Waals surface area contributed by atoms with Gasteiger partial charge in [-0.15, -0.1) is 5.10 Å². The van der Waals surface area contributed by atoms with E-state index in [2.05, 4.69) is 25.3 Å². The molecule has 1 amide bonds. The Morgan fingerprint density at radius 2 is 2.29 bits per heavy atom. The number of hydrogen-bond donors (Lipinski definition) is 3. The van der Waals surface area contributed by atoms with Crippen molar-refractivity contribution in [2.24, 2.45) is 5.84 Å². The van der Waals surface area contributed by atoms with Gasteiger partial charge in [-0.2, -0.15) is 4.68 Å². The number of anilines is 1. The summed E-state index contributed by atoms with van der Waals surface area (Å²) in [6.45, 7) is 0. The summed E-state index contributed by atoms with van der Waals surface area (Å²) in [4.78, 5) is 11.3. The second-order valence-electron chi connectivity index (χ2n) is 2.81. The average molecular weight is 240 g/mol. The molecule has 0 aliphatic carbocycles. The first-order valence-electron chi connectivity index (χ1n) is 4.28. The number of ether oxygens (including phenoxy) is 1. The van der Waals surface area contributed by atoms with Gasteiger partial charge in [-0.1, -0.05) is 5.21 Å². The van der Waals surface area contributed by atoms with Crippen molar-refractivity contribution in [1.29, 1.82) is 0 Å². The van der Waals surface area contributed by atoms with Crippen LogP contribution in [-0.4, -0.2) is 38.3 Å². The van der Waals surface area contributed by atoms with Crippen LogP contribution in [0.25, 0.3) is 5.82 Å². The lowest BCUT2D eigenvalue weighted by Crippen LogP contribution is -2.30. The third kappa shape index (κ3) is 1.63. The molecule has 0 radical (unpaired) electrons. The van der Waals surface area contributed by atoms with Gasteiger partial charge in [-0.25, -0.2) is 10.5 Å². The normalized spacial score (nSPS) is 10.2. The maximum absolute atomic E-state index is 11.3. The van der Waals surface area contributed by atoms with Gasteiger partial charge in [0.2, 0.25) is 17.3 Å². The number of rotatable bonds is 3. The maximum Gasteiger partial charge on any atom is 0.291 e. The van der Waals surface area contributed by atoms with Gasteiger partial charge in [0.25, 0.3) is 11.8 Å². The number of nitrogens with one attached hydrogen (secondary N) is 1. The van der Waals surface area contributed by atoms with E-state index in [0.29, 0.717) is 0 Å². The molecule has 0 unspecified atom stereocenters. The van der Waals surface area contributed by atoms with Crippen molar-refractivity contribution in [1.82, 2.24) is 30.7 Å². The van der Waals surface area contributed by atoms with Crippen LogP contribution in [0.4, 0.5) is 5.82 Å². The Labute approximate surface area is 93.6 Å². The molecule has 2 aromatic rings. The molecule has 2 rings (SSSR count). The molecule has 5 N–H and O–H groups in total. The molecular weight excluding hydrogens is 232 g/mol. The minimum Gasteiger partial charge on any atom is -0.479 e. The summed E-state index contributed by atoms with van der Waals surface area (Å²) in [6.07, 6.45) is 0. The second kappa shape index (κ2) is 4.05. The van der Waals surface area contributed by atoms with Crippen LogP contribution in [0.1, 0.15) is 10.5 Å². The molecule has 0 fully saturated rings. The first kappa shape index (κ1) is 10.8. The van der Waals surface area contributed by atoms with Crippen molar-refractivity contribution >= 4 is 11.7 Å². The van der Waals surface area contributed by atoms with Gasteiger partial charge in [0.1, 0.15) is 0 Å². The van der Waals surface area contributed by atoms with Gasteiger partial charge in [0.05, 0.1) is 7.11 Å². The number of nitrogens with two attached hydrogens (primary N) is 2. The van der Waals surface area contributed by atoms with E-state index in [0.717, 1.165) is 4.68 Å². The van der Waals surface area contributed by atoms with Crippen molar-refractivity contribution in [3.63, 3.8) is 0 Å². The number of hydrazine groups is 1. The fourth-order valence-electron chi connectivity index (χ4n) is 1.14. The summed E-state index contributed by atoms with van der Waals surface area (Å²) >= 11 is 0. The molecule has 90 valence electrons. The molecule has 0 atom stereocenters. The predicted octanol–water partition coefficient (Wildman–Crippen LogP) is -2.16. The second-order valence-corrected chi connectivity index (χ2v) is 2.81. The molecule has 17 heavy (non-hydrogen) atoms. The smallest absolute Gasteiger partial charge is 0.291 e. The van der Waals surface area contributed by atoms with Gasteiger partial charge in [0, 0.05) is 0 Å². The van der Waals surface area contributed by atoms with Crippen LogP contribution in [0.15, 0.2) is 4.63 Å². The van der Waals surface area contributed by atoms with E-state index in [1.54, 1.807) is 0 Å². The highest BCUT2D eigenvalue weighted by Gasteiger charge is 2.24. The molecule has 0 aliphatic rings. The number of carbonyl (C=O) groups excluding carboxylic acids is 1. The summed E-state index contributed by atoms with van der Waals surface area (Å²) in [5.41, 5.74) is 7.27. The van der Waals surface area contributed by atoms with E-state index in [4.69, 9.17) is 16.3 Å². The van der Waals surface area contributed by atoms with Crippen molar-refractivity contribution in [2.45, 2.75) is 0 Å². The Morgan fingerprint density at radius 3 is 2.82 bits per heavy atom. The molecule has 0 aliphatic heterocycles. The largest absolute Gasteiger partial charge is 0.479 e. The minimum atomic E-state index is -0.664. The number of nitrogen functional groups attached to an aromatic ring is 2. The molecule has 11 heteroatoms. The zero-order chi connectivity index (χ0) is 12.4. The van der Waals surface area contributed by atoms with E-state index < -0.39 is 5.91 Å². The molecule has 0 saturated heterocycles. The van der Waals surface area contributed by atoms with E-state index in [1.165, 1.54) is 7.11 Å². The highest BCUT2D eigenvalue weighted by Crippen LogP contribution is 2.21. The van der Waals surface area contributed by atoms with Crippen molar-refractivity contribution < 1.29 is 14.2 Å². The van der Waals surface area contributed by atoms with Crippen molar-refractivity contribution in [2.75, 3.05) is 12.8 Å². The quantitative estimate of drug-likeness (QED) is 0.308. The number of hydrogen-bond acceptors (Lipinski definition) is 9. The third-order valence-electron chi connectivity index (χ3n) is 1.86. The Bertz CT molecular complexity index is 545. The van der Waals surface area contributed by atoms with Crippen molar-refractivity contribution in [3.05, 3.63) is 5.69 Å². The number of aromatic nitrogens is 5. The Balaban J connectivity index is 2.53. The average Bonchev–Trinajstić information content (AvgIpc) is 2.93. The van der Waals surface area contributed by atoms with Crippen LogP contribution in [-0.2, 0) is 0 Å². The third-order valence-corrected chi connectivity index (χ3v) is 1.86. The molecule has 0 spiro atoms. The maximum atomic E-state index is 11.3. The summed E-state index contributed by atoms with van der Waals surface area (Å²) in [5, 5.41) is 14.1. The van der Waals surface area contributed by atoms with Gasteiger partial charge < -0.3 is 10.5 Å². The van der Waals surface area contributed by atoms with E-state index in [-0.39, 0.29) is 23.2 Å². The molecule has 2 heterocycles. The summed E-state index contributed by atoms with van der Waals surface area (Å²) in [5.74, 6) is 4.37. The summed E-state index contributed by atoms with van der Waals surface area (Å²) in [7, 11) is 1.33. The molecule has 0 saturated carbocycles. The molecule has 11 nitrogen and oxygen atoms in total. The van der Waals surface area contributed by atoms with E-state index in [1.807, 2.05) is 5.43 Å². The number of methoxy groups -OCH3 is 1. The Morgan fingerprint density at radius 1 is 1.53 bits per heavy atom. The summed E-state index contributed by atoms with van der Waals surface area (Å²) < 4.78 is 10.4. The number of nitrogens with zero attached hydrogens (tertiary/aromatic N) is 5. The number of carbonyl (C=O) groups is 1. The molecule has 0 bridgehead atoms. The lowest BCUT2D eigenvalue weighted by atomic mass is 10.4. The van der Waals surface area contributed by atoms with Crippen LogP contribution in [0.5, 0.6) is 5.88 Å². The van der Waals surface area contributed by atoms with Gasteiger partial charge >= 0.3 is 0 Å². The fourth-order valence-corrected chi connectivity index (χ4v) is 1.14. The van der Waals surface area contributed by atoms with E-state index in [9.17, 15) is 4.79 Å². The standard InChI is InChI=1S/C6H8N8O3/c1-16-6-2(5(15)9-8)10-13-14(6)4-3(7)11-17-12-4/h8H2,1H3,(H2,7,11)(H,9,15). The molecule has 2 aromatic heterocycles. The highest BCUT2D eigenvalue weighted by molar-refractivity contribution is 5.94. The minimum absolute atomic E-state index is 0.00958. The fraction of sp³-hybridized carbons (Fsp3) is 0.167. The first-order valence-corrected chi connectivity index (χ1v) is 4.28. The van der Waals surface area contributed by atoms with Crippen molar-refractivity contribution in [3.8, 4) is 11.7 Å². The highest BCUT2D eigenvalue weighted by atomic mass is 16.6. The van der Waals surface area contributed by atoms with Crippen LogP contribution in [0, 0.1) is 0 Å². The predicted molar refractivity (Wildman–Crippen MR) is 51.8 cm³/mol. The SMILES string of the molecule is COc1c(C(=O)NN)nnn1-c1nonc1N. The van der Waals surface area contributed by atoms with E-state index >= 15 is 0 Å². The lowest BCUT2D eigenvalue weighted by Gasteiger charge is -2.02. The zero-order valence-corrected chi connectivity index (χ0v) is 8.62. The topological polar surface area (TPSA) is 160 Å². The van der Waals surface area contributed by atoms with Gasteiger partial charge in [-0.3, -0.25) is 10.2 Å². The molecule has 0 aromatic carbocycles. The van der Waals surface area contributed by atoms with Crippen LogP contribution in [0.2, 0.25) is 0 Å². The Hall–Kier alpha value is -2.69. The van der Waals surface area contributed by atoms with Crippen LogP contribution < -0.4 is 21.7 Å². The Kier molecular flexibility index (Phi) is 2.58. The molecular formula is C6H8N8O3. The zero-order valence-electron chi connectivity index (χ0n) is 8.62. The van der Waals surface area contributed by atoms with Gasteiger partial charge in [-0.05, 0) is 10.3 Å². The number of amides is 1. The lowest BCUT2D eigenvalue weighted by molar-refractivity contribution is 0.0945. The van der Waals surface area contributed by atoms with Gasteiger partial charge in [0.15, 0.2) is 0 Å². The summed E-state index contributed by atoms with van der Waals surface area (Å²) in [6, 6.07) is 0. The van der Waals surface area contributed by atoms with Crippen LogP contribution in [0.3, 0.4) is 0 Å².